The molecular formula is C23H26Cl2N4O7S. The van der Waals surface area contributed by atoms with E-state index in [1.54, 1.807) is 46.0 Å². The SMILES string of the molecule is Cn1cnc(S[C@H]2[C@H]3[C@H](C(=O)O)[C@H]3[C@](NC(=O)OC(C)(C)C)(C(=O)O)[C@@H]2OCc2ccc(Cl)c(Cl)c2)n1. The lowest BCUT2D eigenvalue weighted by molar-refractivity contribution is -0.155. The average molecular weight is 573 g/mol. The second-order valence-electron chi connectivity index (χ2n) is 10.0. The maximum Gasteiger partial charge on any atom is 0.408 e. The minimum absolute atomic E-state index is 0.0729. The highest BCUT2D eigenvalue weighted by atomic mass is 35.5. The minimum atomic E-state index is -2.08. The van der Waals surface area contributed by atoms with E-state index in [0.29, 0.717) is 20.8 Å². The van der Waals surface area contributed by atoms with E-state index in [0.717, 1.165) is 11.8 Å². The highest BCUT2D eigenvalue weighted by Crippen LogP contribution is 2.66. The van der Waals surface area contributed by atoms with E-state index in [4.69, 9.17) is 32.7 Å². The van der Waals surface area contributed by atoms with Crippen molar-refractivity contribution in [2.24, 2.45) is 24.8 Å². The van der Waals surface area contributed by atoms with Gasteiger partial charge in [0, 0.05) is 18.2 Å². The lowest BCUT2D eigenvalue weighted by Crippen LogP contribution is -2.65. The molecule has 200 valence electrons. The molecule has 0 aliphatic heterocycles. The molecule has 3 N–H and O–H groups in total. The van der Waals surface area contributed by atoms with Crippen LogP contribution < -0.4 is 5.32 Å². The quantitative estimate of drug-likeness (QED) is 0.428. The summed E-state index contributed by atoms with van der Waals surface area (Å²) in [5.41, 5.74) is -2.39. The summed E-state index contributed by atoms with van der Waals surface area (Å²) in [6.07, 6.45) is -0.675. The van der Waals surface area contributed by atoms with Gasteiger partial charge >= 0.3 is 18.0 Å². The molecule has 6 atom stereocenters. The van der Waals surface area contributed by atoms with Crippen LogP contribution in [-0.4, -0.2) is 65.5 Å². The third kappa shape index (κ3) is 5.38. The molecule has 0 radical (unpaired) electrons. The fraction of sp³-hybridized carbons (Fsp3) is 0.522. The van der Waals surface area contributed by atoms with Gasteiger partial charge in [0.25, 0.3) is 0 Å². The first kappa shape index (κ1) is 27.5. The van der Waals surface area contributed by atoms with Crippen LogP contribution in [0.2, 0.25) is 10.0 Å². The largest absolute Gasteiger partial charge is 0.481 e. The third-order valence-electron chi connectivity index (χ3n) is 6.31. The van der Waals surface area contributed by atoms with E-state index in [2.05, 4.69) is 15.4 Å². The van der Waals surface area contributed by atoms with Gasteiger partial charge in [-0.05, 0) is 44.4 Å². The third-order valence-corrected chi connectivity index (χ3v) is 8.28. The predicted molar refractivity (Wildman–Crippen MR) is 134 cm³/mol. The van der Waals surface area contributed by atoms with Gasteiger partial charge in [-0.25, -0.2) is 14.6 Å². The normalized spacial score (nSPS) is 28.4. The number of thioether (sulfide) groups is 1. The molecule has 37 heavy (non-hydrogen) atoms. The number of nitrogens with zero attached hydrogens (tertiary/aromatic N) is 3. The van der Waals surface area contributed by atoms with Gasteiger partial charge in [0.1, 0.15) is 18.0 Å². The van der Waals surface area contributed by atoms with Crippen molar-refractivity contribution in [2.45, 2.75) is 55.0 Å². The molecule has 1 aromatic heterocycles. The molecule has 0 bridgehead atoms. The number of alkyl carbamates (subject to hydrolysis) is 1. The number of carboxylic acid groups (broad SMARTS) is 2. The molecule has 2 fully saturated rings. The zero-order valence-electron chi connectivity index (χ0n) is 20.3. The van der Waals surface area contributed by atoms with E-state index >= 15 is 0 Å². The minimum Gasteiger partial charge on any atom is -0.481 e. The fourth-order valence-corrected chi connectivity index (χ4v) is 6.68. The van der Waals surface area contributed by atoms with E-state index in [1.807, 2.05) is 0 Å². The van der Waals surface area contributed by atoms with Gasteiger partial charge in [0.2, 0.25) is 5.16 Å². The van der Waals surface area contributed by atoms with Crippen LogP contribution in [-0.2, 0) is 32.7 Å². The zero-order valence-corrected chi connectivity index (χ0v) is 22.7. The number of aromatic nitrogens is 3. The van der Waals surface area contributed by atoms with E-state index in [1.165, 1.54) is 11.0 Å². The van der Waals surface area contributed by atoms with Crippen molar-refractivity contribution in [2.75, 3.05) is 0 Å². The first-order chi connectivity index (χ1) is 17.2. The highest BCUT2D eigenvalue weighted by molar-refractivity contribution is 7.99. The second-order valence-corrected chi connectivity index (χ2v) is 12.0. The zero-order chi connectivity index (χ0) is 27.3. The number of hydrogen-bond donors (Lipinski definition) is 3. The fourth-order valence-electron chi connectivity index (χ4n) is 4.92. The molecule has 4 rings (SSSR count). The Labute approximate surface area is 226 Å². The Morgan fingerprint density at radius 1 is 1.22 bits per heavy atom. The number of aryl methyl sites for hydroxylation is 1. The Balaban J connectivity index is 1.74. The molecule has 0 spiro atoms. The summed E-state index contributed by atoms with van der Waals surface area (Å²) < 4.78 is 13.0. The van der Waals surface area contributed by atoms with Crippen molar-refractivity contribution >= 4 is 53.0 Å². The monoisotopic (exact) mass is 572 g/mol. The average Bonchev–Trinajstić information content (AvgIpc) is 3.31. The number of nitrogens with one attached hydrogen (secondary N) is 1. The molecule has 11 nitrogen and oxygen atoms in total. The Morgan fingerprint density at radius 3 is 2.46 bits per heavy atom. The summed E-state index contributed by atoms with van der Waals surface area (Å²) in [7, 11) is 1.68. The Hall–Kier alpha value is -2.54. The summed E-state index contributed by atoms with van der Waals surface area (Å²) in [5, 5.41) is 27.4. The molecule has 1 amide bonds. The van der Waals surface area contributed by atoms with E-state index in [-0.39, 0.29) is 6.61 Å². The molecule has 1 heterocycles. The van der Waals surface area contributed by atoms with Crippen LogP contribution in [0.5, 0.6) is 0 Å². The van der Waals surface area contributed by atoms with Gasteiger partial charge in [-0.2, -0.15) is 0 Å². The van der Waals surface area contributed by atoms with Crippen molar-refractivity contribution in [1.29, 1.82) is 0 Å². The van der Waals surface area contributed by atoms with Crippen LogP contribution in [0.4, 0.5) is 4.79 Å². The molecule has 0 saturated heterocycles. The molecule has 2 aromatic rings. The lowest BCUT2D eigenvalue weighted by atomic mass is 9.87. The first-order valence-electron chi connectivity index (χ1n) is 11.3. The predicted octanol–water partition coefficient (Wildman–Crippen LogP) is 3.48. The number of amides is 1. The van der Waals surface area contributed by atoms with Gasteiger partial charge in [-0.15, -0.1) is 5.10 Å². The van der Waals surface area contributed by atoms with Crippen LogP contribution >= 0.6 is 35.0 Å². The number of halogens is 2. The number of rotatable bonds is 8. The van der Waals surface area contributed by atoms with Gasteiger partial charge in [0.15, 0.2) is 5.54 Å². The number of benzene rings is 1. The highest BCUT2D eigenvalue weighted by Gasteiger charge is 2.80. The maximum absolute atomic E-state index is 12.9. The summed E-state index contributed by atoms with van der Waals surface area (Å²) in [4.78, 5) is 42.1. The summed E-state index contributed by atoms with van der Waals surface area (Å²) in [6.45, 7) is 4.84. The topological polar surface area (TPSA) is 153 Å². The van der Waals surface area contributed by atoms with Gasteiger partial charge in [-0.3, -0.25) is 9.48 Å². The number of aliphatic carboxylic acids is 2. The van der Waals surface area contributed by atoms with Crippen LogP contribution in [0.25, 0.3) is 0 Å². The molecule has 14 heteroatoms. The number of carbonyl (C=O) groups is 3. The van der Waals surface area contributed by atoms with Crippen molar-refractivity contribution in [3.8, 4) is 0 Å². The number of fused-ring (bicyclic) bond motifs is 1. The van der Waals surface area contributed by atoms with Crippen molar-refractivity contribution in [3.05, 3.63) is 40.1 Å². The first-order valence-corrected chi connectivity index (χ1v) is 12.9. The van der Waals surface area contributed by atoms with Crippen molar-refractivity contribution in [3.63, 3.8) is 0 Å². The number of carbonyl (C=O) groups excluding carboxylic acids is 1. The van der Waals surface area contributed by atoms with Crippen LogP contribution in [0.1, 0.15) is 26.3 Å². The number of carboxylic acids is 2. The molecule has 1 aromatic carbocycles. The lowest BCUT2D eigenvalue weighted by Gasteiger charge is -2.38. The molecule has 2 aliphatic rings. The van der Waals surface area contributed by atoms with Crippen LogP contribution in [0.3, 0.4) is 0 Å². The summed E-state index contributed by atoms with van der Waals surface area (Å²) in [6, 6.07) is 4.85. The molecular weight excluding hydrogens is 547 g/mol. The van der Waals surface area contributed by atoms with E-state index in [9.17, 15) is 24.6 Å². The Kier molecular flexibility index (Phi) is 7.41. The van der Waals surface area contributed by atoms with Crippen molar-refractivity contribution in [1.82, 2.24) is 20.1 Å². The summed E-state index contributed by atoms with van der Waals surface area (Å²) in [5.74, 6) is -5.18. The van der Waals surface area contributed by atoms with Gasteiger partial charge in [-0.1, -0.05) is 41.0 Å². The maximum atomic E-state index is 12.9. The van der Waals surface area contributed by atoms with Crippen LogP contribution in [0, 0.1) is 17.8 Å². The van der Waals surface area contributed by atoms with Gasteiger partial charge in [0.05, 0.1) is 22.6 Å². The second kappa shape index (κ2) is 9.97. The summed E-state index contributed by atoms with van der Waals surface area (Å²) >= 11 is 13.2. The molecule has 2 saturated carbocycles. The van der Waals surface area contributed by atoms with Crippen molar-refractivity contribution < 1.29 is 34.1 Å². The van der Waals surface area contributed by atoms with Gasteiger partial charge < -0.3 is 25.0 Å². The number of hydrogen-bond acceptors (Lipinski definition) is 8. The van der Waals surface area contributed by atoms with E-state index < -0.39 is 58.3 Å². The van der Waals surface area contributed by atoms with Crippen LogP contribution in [0.15, 0.2) is 29.7 Å². The number of ether oxygens (including phenoxy) is 2. The Morgan fingerprint density at radius 2 is 1.92 bits per heavy atom. The Bertz CT molecular complexity index is 1240. The standard InChI is InChI=1S/C23H26Cl2N4O7S/c1-22(2,3)36-21(34)27-23(19(32)33)15-13(14(15)18(30)31)16(37-20-26-9-29(4)28-20)17(23)35-8-10-5-6-11(24)12(25)7-10/h5-7,9,13-17H,8H2,1-4H3,(H,27,34)(H,30,31)(H,32,33)/t13-,14-,15-,16-,17+,23+/m0/s1. The molecule has 2 aliphatic carbocycles. The molecule has 0 unspecified atom stereocenters. The smallest absolute Gasteiger partial charge is 0.408 e.